The molecule has 0 bridgehead atoms. The van der Waals surface area contributed by atoms with Gasteiger partial charge in [-0.3, -0.25) is 0 Å². The molecule has 2 atom stereocenters. The summed E-state index contributed by atoms with van der Waals surface area (Å²) in [7, 11) is 0. The molecule has 0 saturated carbocycles. The van der Waals surface area contributed by atoms with Crippen molar-refractivity contribution in [3.05, 3.63) is 0 Å². The highest BCUT2D eigenvalue weighted by Gasteiger charge is 2.17. The molecule has 1 rings (SSSR count). The van der Waals surface area contributed by atoms with Gasteiger partial charge in [-0.15, -0.1) is 0 Å². The lowest BCUT2D eigenvalue weighted by molar-refractivity contribution is 0.375. The lowest BCUT2D eigenvalue weighted by Crippen LogP contribution is -2.29. The molecule has 1 aliphatic rings. The third-order valence-electron chi connectivity index (χ3n) is 2.70. The zero-order chi connectivity index (χ0) is 8.10. The predicted octanol–water partition coefficient (Wildman–Crippen LogP) is 1.11. The smallest absolute Gasteiger partial charge is 0.00650 e. The Balaban J connectivity index is 2.30. The lowest BCUT2D eigenvalue weighted by atomic mass is 9.91. The molecule has 0 aromatic heterocycles. The van der Waals surface area contributed by atoms with Gasteiger partial charge >= 0.3 is 0 Å². The highest BCUT2D eigenvalue weighted by molar-refractivity contribution is 4.75. The monoisotopic (exact) mass is 156 g/mol. The first kappa shape index (κ1) is 9.01. The van der Waals surface area contributed by atoms with E-state index in [1.807, 2.05) is 0 Å². The second kappa shape index (κ2) is 4.73. The van der Waals surface area contributed by atoms with Gasteiger partial charge in [-0.25, -0.2) is 0 Å². The average molecular weight is 156 g/mol. The van der Waals surface area contributed by atoms with Gasteiger partial charge in [0.25, 0.3) is 0 Å². The summed E-state index contributed by atoms with van der Waals surface area (Å²) >= 11 is 0. The summed E-state index contributed by atoms with van der Waals surface area (Å²) in [4.78, 5) is 0. The molecule has 1 aliphatic heterocycles. The largest absolute Gasteiger partial charge is 0.327 e. The van der Waals surface area contributed by atoms with E-state index in [1.165, 1.54) is 32.4 Å². The summed E-state index contributed by atoms with van der Waals surface area (Å²) < 4.78 is 0. The lowest BCUT2D eigenvalue weighted by Gasteiger charge is -2.20. The van der Waals surface area contributed by atoms with Gasteiger partial charge in [-0.1, -0.05) is 6.92 Å². The maximum Gasteiger partial charge on any atom is 0.00650 e. The summed E-state index contributed by atoms with van der Waals surface area (Å²) in [5, 5.41) is 3.40. The first-order valence-corrected chi connectivity index (χ1v) is 4.81. The Kier molecular flexibility index (Phi) is 3.87. The van der Waals surface area contributed by atoms with Gasteiger partial charge in [0.15, 0.2) is 0 Å². The van der Waals surface area contributed by atoms with E-state index >= 15 is 0 Å². The van der Waals surface area contributed by atoms with Crippen LogP contribution < -0.4 is 11.1 Å². The Morgan fingerprint density at radius 2 is 2.27 bits per heavy atom. The van der Waals surface area contributed by atoms with E-state index in [2.05, 4.69) is 12.2 Å². The quantitative estimate of drug-likeness (QED) is 0.628. The summed E-state index contributed by atoms with van der Waals surface area (Å²) in [5.41, 5.74) is 5.99. The highest BCUT2D eigenvalue weighted by atomic mass is 14.9. The van der Waals surface area contributed by atoms with Crippen LogP contribution in [0.5, 0.6) is 0 Å². The van der Waals surface area contributed by atoms with Gasteiger partial charge in [-0.2, -0.15) is 0 Å². The van der Waals surface area contributed by atoms with Crippen LogP contribution in [0.4, 0.5) is 0 Å². The molecule has 1 heterocycles. The zero-order valence-corrected chi connectivity index (χ0v) is 7.47. The third kappa shape index (κ3) is 2.80. The molecule has 0 amide bonds. The third-order valence-corrected chi connectivity index (χ3v) is 2.70. The van der Waals surface area contributed by atoms with Crippen molar-refractivity contribution in [2.45, 2.75) is 38.6 Å². The highest BCUT2D eigenvalue weighted by Crippen LogP contribution is 2.17. The molecule has 1 saturated heterocycles. The Hall–Kier alpha value is -0.0800. The van der Waals surface area contributed by atoms with Crippen LogP contribution in [0.3, 0.4) is 0 Å². The Bertz CT molecular complexity index is 95.7. The van der Waals surface area contributed by atoms with E-state index in [-0.39, 0.29) is 0 Å². The number of nitrogens with two attached hydrogens (primary N) is 1. The Labute approximate surface area is 69.5 Å². The van der Waals surface area contributed by atoms with Gasteiger partial charge in [0, 0.05) is 6.04 Å². The summed E-state index contributed by atoms with van der Waals surface area (Å²) in [6.07, 6.45) is 5.03. The molecule has 2 heteroatoms. The van der Waals surface area contributed by atoms with E-state index in [1.54, 1.807) is 0 Å². The van der Waals surface area contributed by atoms with Gasteiger partial charge < -0.3 is 11.1 Å². The maximum absolute atomic E-state index is 5.99. The number of hydrogen-bond acceptors (Lipinski definition) is 2. The fourth-order valence-corrected chi connectivity index (χ4v) is 1.81. The van der Waals surface area contributed by atoms with Crippen molar-refractivity contribution < 1.29 is 0 Å². The van der Waals surface area contributed by atoms with Crippen molar-refractivity contribution in [1.82, 2.24) is 5.32 Å². The number of nitrogens with one attached hydrogen (secondary N) is 1. The van der Waals surface area contributed by atoms with E-state index in [0.717, 1.165) is 12.3 Å². The zero-order valence-electron chi connectivity index (χ0n) is 7.47. The van der Waals surface area contributed by atoms with Crippen LogP contribution in [-0.2, 0) is 0 Å². The Morgan fingerprint density at radius 3 is 3.00 bits per heavy atom. The molecule has 2 unspecified atom stereocenters. The van der Waals surface area contributed by atoms with E-state index in [9.17, 15) is 0 Å². The first-order chi connectivity index (χ1) is 5.34. The van der Waals surface area contributed by atoms with Gasteiger partial charge in [0.2, 0.25) is 0 Å². The fourth-order valence-electron chi connectivity index (χ4n) is 1.81. The summed E-state index contributed by atoms with van der Waals surface area (Å²) in [6, 6.07) is 0.440. The second-order valence-electron chi connectivity index (χ2n) is 3.51. The fraction of sp³-hybridized carbons (Fsp3) is 1.00. The molecule has 1 fully saturated rings. The van der Waals surface area contributed by atoms with Crippen LogP contribution in [0.25, 0.3) is 0 Å². The SMILES string of the molecule is CCC(N)C1CCCNCC1. The van der Waals surface area contributed by atoms with Crippen molar-refractivity contribution in [3.63, 3.8) is 0 Å². The number of hydrogen-bond donors (Lipinski definition) is 2. The van der Waals surface area contributed by atoms with E-state index in [0.29, 0.717) is 6.04 Å². The molecule has 0 aliphatic carbocycles. The van der Waals surface area contributed by atoms with Crippen molar-refractivity contribution in [3.8, 4) is 0 Å². The molecule has 0 aromatic rings. The second-order valence-corrected chi connectivity index (χ2v) is 3.51. The molecule has 0 aromatic carbocycles. The van der Waals surface area contributed by atoms with E-state index < -0.39 is 0 Å². The van der Waals surface area contributed by atoms with Crippen LogP contribution in [0.15, 0.2) is 0 Å². The van der Waals surface area contributed by atoms with Gasteiger partial charge in [0.1, 0.15) is 0 Å². The minimum absolute atomic E-state index is 0.440. The minimum Gasteiger partial charge on any atom is -0.327 e. The summed E-state index contributed by atoms with van der Waals surface area (Å²) in [5.74, 6) is 0.773. The average Bonchev–Trinajstić information content (AvgIpc) is 2.30. The Morgan fingerprint density at radius 1 is 1.45 bits per heavy atom. The molecule has 0 spiro atoms. The van der Waals surface area contributed by atoms with Gasteiger partial charge in [-0.05, 0) is 44.7 Å². The maximum atomic E-state index is 5.99. The van der Waals surface area contributed by atoms with Crippen LogP contribution in [0, 0.1) is 5.92 Å². The molecule has 0 radical (unpaired) electrons. The van der Waals surface area contributed by atoms with Crippen LogP contribution in [0.1, 0.15) is 32.6 Å². The molecule has 3 N–H and O–H groups in total. The topological polar surface area (TPSA) is 38.0 Å². The van der Waals surface area contributed by atoms with Crippen LogP contribution >= 0.6 is 0 Å². The normalized spacial score (nSPS) is 29.5. The van der Waals surface area contributed by atoms with Crippen molar-refractivity contribution in [2.75, 3.05) is 13.1 Å². The summed E-state index contributed by atoms with van der Waals surface area (Å²) in [6.45, 7) is 4.54. The molecular formula is C9H20N2. The first-order valence-electron chi connectivity index (χ1n) is 4.81. The standard InChI is InChI=1S/C9H20N2/c1-2-9(10)8-4-3-6-11-7-5-8/h8-9,11H,2-7,10H2,1H3. The number of rotatable bonds is 2. The molecular weight excluding hydrogens is 136 g/mol. The molecule has 2 nitrogen and oxygen atoms in total. The van der Waals surface area contributed by atoms with Crippen molar-refractivity contribution in [2.24, 2.45) is 11.7 Å². The predicted molar refractivity (Wildman–Crippen MR) is 48.5 cm³/mol. The van der Waals surface area contributed by atoms with Crippen LogP contribution in [0.2, 0.25) is 0 Å². The molecule has 11 heavy (non-hydrogen) atoms. The minimum atomic E-state index is 0.440. The molecule has 66 valence electrons. The van der Waals surface area contributed by atoms with Gasteiger partial charge in [0.05, 0.1) is 0 Å². The van der Waals surface area contributed by atoms with Crippen molar-refractivity contribution in [1.29, 1.82) is 0 Å². The van der Waals surface area contributed by atoms with Crippen molar-refractivity contribution >= 4 is 0 Å². The van der Waals surface area contributed by atoms with Crippen LogP contribution in [-0.4, -0.2) is 19.1 Å². The van der Waals surface area contributed by atoms with E-state index in [4.69, 9.17) is 5.73 Å².